The molecule has 0 saturated heterocycles. The third-order valence-corrected chi connectivity index (χ3v) is 4.57. The van der Waals surface area contributed by atoms with Crippen LogP contribution < -0.4 is 5.32 Å². The predicted octanol–water partition coefficient (Wildman–Crippen LogP) is 4.47. The van der Waals surface area contributed by atoms with E-state index >= 15 is 0 Å². The largest absolute Gasteiger partial charge is 0.449 e. The molecule has 8 heteroatoms. The normalized spacial score (nSPS) is 11.8. The Morgan fingerprint density at radius 3 is 2.52 bits per heavy atom. The number of anilines is 1. The number of esters is 1. The van der Waals surface area contributed by atoms with E-state index in [9.17, 15) is 14.0 Å². The molecule has 0 aliphatic heterocycles. The lowest BCUT2D eigenvalue weighted by molar-refractivity contribution is -0.123. The Labute approximate surface area is 172 Å². The summed E-state index contributed by atoms with van der Waals surface area (Å²) in [6.45, 7) is 4.85. The van der Waals surface area contributed by atoms with E-state index in [0.717, 1.165) is 11.8 Å². The molecular formula is C21H19ClFN3O3. The molecule has 0 aliphatic carbocycles. The van der Waals surface area contributed by atoms with Gasteiger partial charge in [-0.2, -0.15) is 5.10 Å². The van der Waals surface area contributed by atoms with Crippen LogP contribution in [0.15, 0.2) is 48.5 Å². The van der Waals surface area contributed by atoms with E-state index in [-0.39, 0.29) is 16.3 Å². The molecule has 0 fully saturated rings. The lowest BCUT2D eigenvalue weighted by atomic mass is 10.2. The summed E-state index contributed by atoms with van der Waals surface area (Å²) in [7, 11) is 0. The van der Waals surface area contributed by atoms with Gasteiger partial charge in [-0.3, -0.25) is 4.79 Å². The monoisotopic (exact) mass is 415 g/mol. The molecule has 0 bridgehead atoms. The fraction of sp³-hybridized carbons (Fsp3) is 0.190. The van der Waals surface area contributed by atoms with Crippen molar-refractivity contribution in [2.45, 2.75) is 26.9 Å². The second-order valence-corrected chi connectivity index (χ2v) is 6.89. The minimum Gasteiger partial charge on any atom is -0.449 e. The minimum absolute atomic E-state index is 0.0495. The summed E-state index contributed by atoms with van der Waals surface area (Å²) in [5, 5.41) is 6.99. The lowest BCUT2D eigenvalue weighted by Gasteiger charge is -2.14. The number of rotatable bonds is 5. The van der Waals surface area contributed by atoms with Gasteiger partial charge in [0.25, 0.3) is 5.91 Å². The number of hydrogen-bond acceptors (Lipinski definition) is 4. The molecule has 0 aliphatic rings. The van der Waals surface area contributed by atoms with Crippen LogP contribution >= 0.6 is 11.6 Å². The fourth-order valence-corrected chi connectivity index (χ4v) is 3.02. The van der Waals surface area contributed by atoms with E-state index in [0.29, 0.717) is 11.4 Å². The van der Waals surface area contributed by atoms with Gasteiger partial charge < -0.3 is 10.1 Å². The third kappa shape index (κ3) is 4.46. The molecule has 3 aromatic rings. The average molecular weight is 416 g/mol. The Bertz CT molecular complexity index is 1070. The van der Waals surface area contributed by atoms with Crippen molar-refractivity contribution in [2.24, 2.45) is 0 Å². The number of nitrogens with one attached hydrogen (secondary N) is 1. The maximum Gasteiger partial charge on any atom is 0.342 e. The summed E-state index contributed by atoms with van der Waals surface area (Å²) in [5.74, 6) is -2.02. The third-order valence-electron chi connectivity index (χ3n) is 4.34. The second kappa shape index (κ2) is 8.45. The zero-order valence-electron chi connectivity index (χ0n) is 16.1. The second-order valence-electron chi connectivity index (χ2n) is 6.45. The van der Waals surface area contributed by atoms with Crippen LogP contribution in [0.4, 0.5) is 10.1 Å². The van der Waals surface area contributed by atoms with Gasteiger partial charge in [0.2, 0.25) is 0 Å². The summed E-state index contributed by atoms with van der Waals surface area (Å²) >= 11 is 5.70. The van der Waals surface area contributed by atoms with Gasteiger partial charge in [-0.25, -0.2) is 13.9 Å². The summed E-state index contributed by atoms with van der Waals surface area (Å²) < 4.78 is 20.8. The summed E-state index contributed by atoms with van der Waals surface area (Å²) in [4.78, 5) is 25.0. The van der Waals surface area contributed by atoms with E-state index in [1.807, 2.05) is 30.3 Å². The number of ether oxygens (including phenoxy) is 1. The highest BCUT2D eigenvalue weighted by molar-refractivity contribution is 6.30. The molecule has 1 amide bonds. The molecule has 0 spiro atoms. The van der Waals surface area contributed by atoms with Crippen molar-refractivity contribution in [3.8, 4) is 5.69 Å². The van der Waals surface area contributed by atoms with Gasteiger partial charge in [0, 0.05) is 5.02 Å². The number of amides is 1. The maximum atomic E-state index is 13.9. The molecular weight excluding hydrogens is 397 g/mol. The summed E-state index contributed by atoms with van der Waals surface area (Å²) in [5.41, 5.74) is 2.11. The van der Waals surface area contributed by atoms with Crippen molar-refractivity contribution in [1.29, 1.82) is 0 Å². The topological polar surface area (TPSA) is 73.2 Å². The summed E-state index contributed by atoms with van der Waals surface area (Å²) in [6.07, 6.45) is -1.14. The molecule has 1 unspecified atom stereocenters. The first-order valence-electron chi connectivity index (χ1n) is 8.86. The van der Waals surface area contributed by atoms with Crippen molar-refractivity contribution in [3.63, 3.8) is 0 Å². The van der Waals surface area contributed by atoms with E-state index in [1.54, 1.807) is 18.5 Å². The van der Waals surface area contributed by atoms with Crippen LogP contribution in [0.1, 0.15) is 28.7 Å². The highest BCUT2D eigenvalue weighted by atomic mass is 35.5. The van der Waals surface area contributed by atoms with Gasteiger partial charge in [0.05, 0.1) is 22.8 Å². The first kappa shape index (κ1) is 20.5. The molecule has 0 saturated carbocycles. The molecule has 3 rings (SSSR count). The quantitative estimate of drug-likeness (QED) is 0.624. The first-order chi connectivity index (χ1) is 13.8. The van der Waals surface area contributed by atoms with Crippen LogP contribution in [0, 0.1) is 19.7 Å². The minimum atomic E-state index is -1.14. The zero-order chi connectivity index (χ0) is 21.1. The number of para-hydroxylation sites is 1. The molecule has 150 valence electrons. The smallest absolute Gasteiger partial charge is 0.342 e. The van der Waals surface area contributed by atoms with Crippen LogP contribution in [-0.4, -0.2) is 27.8 Å². The number of aryl methyl sites for hydroxylation is 1. The number of halogens is 2. The molecule has 2 aromatic carbocycles. The van der Waals surface area contributed by atoms with Crippen molar-refractivity contribution in [3.05, 3.63) is 76.3 Å². The van der Waals surface area contributed by atoms with E-state index in [4.69, 9.17) is 16.3 Å². The maximum absolute atomic E-state index is 13.9. The Morgan fingerprint density at radius 1 is 1.17 bits per heavy atom. The standard InChI is InChI=1S/C21H19ClFN3O3/c1-12-19(13(2)26(25-12)16-7-5-4-6-8-16)21(28)29-14(3)20(27)24-18-10-9-15(22)11-17(18)23/h4-11,14H,1-3H3,(H,24,27). The van der Waals surface area contributed by atoms with Crippen LogP contribution in [-0.2, 0) is 9.53 Å². The van der Waals surface area contributed by atoms with Crippen LogP contribution in [0.3, 0.4) is 0 Å². The first-order valence-corrected chi connectivity index (χ1v) is 9.24. The molecule has 1 atom stereocenters. The molecule has 1 heterocycles. The highest BCUT2D eigenvalue weighted by Crippen LogP contribution is 2.21. The van der Waals surface area contributed by atoms with Gasteiger partial charge in [-0.15, -0.1) is 0 Å². The van der Waals surface area contributed by atoms with Crippen molar-refractivity contribution in [1.82, 2.24) is 9.78 Å². The Morgan fingerprint density at radius 2 is 1.86 bits per heavy atom. The number of carbonyl (C=O) groups excluding carboxylic acids is 2. The van der Waals surface area contributed by atoms with E-state index in [2.05, 4.69) is 10.4 Å². The van der Waals surface area contributed by atoms with Crippen molar-refractivity contribution >= 4 is 29.2 Å². The number of carbonyl (C=O) groups is 2. The Kier molecular flexibility index (Phi) is 5.98. The van der Waals surface area contributed by atoms with Gasteiger partial charge in [0.15, 0.2) is 6.10 Å². The number of benzene rings is 2. The molecule has 1 N–H and O–H groups in total. The van der Waals surface area contributed by atoms with E-state index in [1.165, 1.54) is 19.1 Å². The Balaban J connectivity index is 1.74. The van der Waals surface area contributed by atoms with Crippen LogP contribution in [0.2, 0.25) is 5.02 Å². The Hall–Kier alpha value is -3.19. The molecule has 29 heavy (non-hydrogen) atoms. The fourth-order valence-electron chi connectivity index (χ4n) is 2.86. The number of hydrogen-bond donors (Lipinski definition) is 1. The zero-order valence-corrected chi connectivity index (χ0v) is 16.8. The molecule has 6 nitrogen and oxygen atoms in total. The SMILES string of the molecule is Cc1nn(-c2ccccc2)c(C)c1C(=O)OC(C)C(=O)Nc1ccc(Cl)cc1F. The highest BCUT2D eigenvalue weighted by Gasteiger charge is 2.25. The molecule has 0 radical (unpaired) electrons. The lowest BCUT2D eigenvalue weighted by Crippen LogP contribution is -2.30. The number of aromatic nitrogens is 2. The van der Waals surface area contributed by atoms with Gasteiger partial charge in [-0.1, -0.05) is 29.8 Å². The van der Waals surface area contributed by atoms with Gasteiger partial charge >= 0.3 is 5.97 Å². The van der Waals surface area contributed by atoms with Crippen LogP contribution in [0.25, 0.3) is 5.69 Å². The van der Waals surface area contributed by atoms with Crippen molar-refractivity contribution < 1.29 is 18.7 Å². The van der Waals surface area contributed by atoms with Crippen molar-refractivity contribution in [2.75, 3.05) is 5.32 Å². The molecule has 1 aromatic heterocycles. The average Bonchev–Trinajstić information content (AvgIpc) is 2.98. The van der Waals surface area contributed by atoms with Gasteiger partial charge in [-0.05, 0) is 51.1 Å². The van der Waals surface area contributed by atoms with Gasteiger partial charge in [0.1, 0.15) is 11.4 Å². The summed E-state index contributed by atoms with van der Waals surface area (Å²) in [6, 6.07) is 13.2. The predicted molar refractivity (Wildman–Crippen MR) is 108 cm³/mol. The number of nitrogens with zero attached hydrogens (tertiary/aromatic N) is 2. The van der Waals surface area contributed by atoms with E-state index < -0.39 is 23.8 Å². The van der Waals surface area contributed by atoms with Crippen LogP contribution in [0.5, 0.6) is 0 Å².